The monoisotopic (exact) mass is 166 g/mol. The van der Waals surface area contributed by atoms with Gasteiger partial charge in [0, 0.05) is 11.6 Å². The summed E-state index contributed by atoms with van der Waals surface area (Å²) in [6, 6.07) is 0. The summed E-state index contributed by atoms with van der Waals surface area (Å²) in [7, 11) is 0. The Morgan fingerprint density at radius 2 is 2.08 bits per heavy atom. The third-order valence-electron chi connectivity index (χ3n) is 1.38. The van der Waals surface area contributed by atoms with Crippen molar-refractivity contribution in [2.24, 2.45) is 5.73 Å². The number of nitrogens with one attached hydrogen (secondary N) is 1. The topological polar surface area (TPSA) is 89.3 Å². The number of nitrogens with two attached hydrogens (primary N) is 1. The summed E-state index contributed by atoms with van der Waals surface area (Å²) in [4.78, 5) is 32.0. The van der Waals surface area contributed by atoms with Gasteiger partial charge in [0.25, 0.3) is 11.8 Å². The van der Waals surface area contributed by atoms with Gasteiger partial charge in [0.1, 0.15) is 0 Å². The SMILES string of the molecule is C=C(C(N)=O)C1=CC(=O)NC1=O. The Hall–Kier alpha value is -1.91. The number of amides is 3. The summed E-state index contributed by atoms with van der Waals surface area (Å²) in [5, 5.41) is 1.96. The standard InChI is InChI=1S/C7H6N2O3/c1-3(6(8)11)4-2-5(10)9-7(4)12/h2H,1H2,(H2,8,11)(H,9,10,12). The van der Waals surface area contributed by atoms with Gasteiger partial charge in [0.05, 0.1) is 5.57 Å². The molecule has 0 atom stereocenters. The van der Waals surface area contributed by atoms with Crippen molar-refractivity contribution in [2.75, 3.05) is 0 Å². The summed E-state index contributed by atoms with van der Waals surface area (Å²) in [5.41, 5.74) is 4.64. The second-order valence-corrected chi connectivity index (χ2v) is 2.22. The average Bonchev–Trinajstić information content (AvgIpc) is 2.28. The molecule has 3 amide bonds. The van der Waals surface area contributed by atoms with Crippen molar-refractivity contribution >= 4 is 17.7 Å². The van der Waals surface area contributed by atoms with Crippen LogP contribution in [0.25, 0.3) is 0 Å². The molecular weight excluding hydrogens is 160 g/mol. The van der Waals surface area contributed by atoms with Crippen molar-refractivity contribution in [3.63, 3.8) is 0 Å². The van der Waals surface area contributed by atoms with E-state index in [0.717, 1.165) is 6.08 Å². The first kappa shape index (κ1) is 8.19. The lowest BCUT2D eigenvalue weighted by molar-refractivity contribution is -0.124. The molecule has 12 heavy (non-hydrogen) atoms. The maximum absolute atomic E-state index is 10.9. The van der Waals surface area contributed by atoms with Crippen molar-refractivity contribution in [2.45, 2.75) is 0 Å². The minimum Gasteiger partial charge on any atom is -0.366 e. The van der Waals surface area contributed by atoms with Crippen molar-refractivity contribution in [1.29, 1.82) is 0 Å². The first-order chi connectivity index (χ1) is 5.52. The summed E-state index contributed by atoms with van der Waals surface area (Å²) in [6.45, 7) is 3.27. The van der Waals surface area contributed by atoms with Crippen LogP contribution in [0.4, 0.5) is 0 Å². The molecule has 0 spiro atoms. The van der Waals surface area contributed by atoms with Crippen LogP contribution >= 0.6 is 0 Å². The van der Waals surface area contributed by atoms with Crippen molar-refractivity contribution in [3.05, 3.63) is 23.8 Å². The zero-order valence-corrected chi connectivity index (χ0v) is 6.09. The lowest BCUT2D eigenvalue weighted by Crippen LogP contribution is -2.25. The molecule has 3 N–H and O–H groups in total. The van der Waals surface area contributed by atoms with Crippen molar-refractivity contribution in [3.8, 4) is 0 Å². The normalized spacial score (nSPS) is 15.5. The molecule has 62 valence electrons. The van der Waals surface area contributed by atoms with Crippen LogP contribution in [0.1, 0.15) is 0 Å². The van der Waals surface area contributed by atoms with Gasteiger partial charge in [-0.1, -0.05) is 6.58 Å². The first-order valence-corrected chi connectivity index (χ1v) is 3.08. The Bertz CT molecular complexity index is 328. The van der Waals surface area contributed by atoms with E-state index in [1.165, 1.54) is 0 Å². The Labute approximate surface area is 67.9 Å². The Kier molecular flexibility index (Phi) is 1.78. The van der Waals surface area contributed by atoms with Gasteiger partial charge >= 0.3 is 0 Å². The van der Waals surface area contributed by atoms with Crippen molar-refractivity contribution < 1.29 is 14.4 Å². The van der Waals surface area contributed by atoms with Crippen LogP contribution in [0.2, 0.25) is 0 Å². The van der Waals surface area contributed by atoms with E-state index >= 15 is 0 Å². The first-order valence-electron chi connectivity index (χ1n) is 3.08. The summed E-state index contributed by atoms with van der Waals surface area (Å²) >= 11 is 0. The van der Waals surface area contributed by atoms with Gasteiger partial charge < -0.3 is 5.73 Å². The van der Waals surface area contributed by atoms with Crippen LogP contribution in [0.5, 0.6) is 0 Å². The molecule has 0 aromatic heterocycles. The summed E-state index contributed by atoms with van der Waals surface area (Å²) in [5.74, 6) is -2.01. The molecule has 0 radical (unpaired) electrons. The van der Waals surface area contributed by atoms with Crippen LogP contribution in [0.15, 0.2) is 23.8 Å². The van der Waals surface area contributed by atoms with Gasteiger partial charge in [0.2, 0.25) is 5.91 Å². The molecule has 0 aromatic rings. The Morgan fingerprint density at radius 3 is 2.42 bits per heavy atom. The van der Waals surface area contributed by atoms with E-state index in [1.54, 1.807) is 0 Å². The number of hydrogen-bond acceptors (Lipinski definition) is 3. The van der Waals surface area contributed by atoms with Crippen LogP contribution in [-0.2, 0) is 14.4 Å². The predicted molar refractivity (Wildman–Crippen MR) is 39.6 cm³/mol. The highest BCUT2D eigenvalue weighted by Crippen LogP contribution is 2.11. The highest BCUT2D eigenvalue weighted by atomic mass is 16.2. The quantitative estimate of drug-likeness (QED) is 0.391. The van der Waals surface area contributed by atoms with E-state index in [-0.39, 0.29) is 11.1 Å². The molecular formula is C7H6N2O3. The fraction of sp³-hybridized carbons (Fsp3) is 0. The van der Waals surface area contributed by atoms with Gasteiger partial charge in [-0.25, -0.2) is 0 Å². The third-order valence-corrected chi connectivity index (χ3v) is 1.38. The molecule has 0 unspecified atom stereocenters. The molecule has 5 nitrogen and oxygen atoms in total. The molecule has 1 aliphatic rings. The minimum atomic E-state index is -0.814. The van der Waals surface area contributed by atoms with E-state index in [2.05, 4.69) is 6.58 Å². The van der Waals surface area contributed by atoms with E-state index in [0.29, 0.717) is 0 Å². The molecule has 0 aliphatic carbocycles. The number of rotatable bonds is 2. The second kappa shape index (κ2) is 2.61. The van der Waals surface area contributed by atoms with Gasteiger partial charge in [-0.3, -0.25) is 19.7 Å². The molecule has 5 heteroatoms. The second-order valence-electron chi connectivity index (χ2n) is 2.22. The van der Waals surface area contributed by atoms with Gasteiger partial charge in [-0.05, 0) is 0 Å². The van der Waals surface area contributed by atoms with Crippen molar-refractivity contribution in [1.82, 2.24) is 5.32 Å². The zero-order valence-electron chi connectivity index (χ0n) is 6.09. The van der Waals surface area contributed by atoms with E-state index in [4.69, 9.17) is 5.73 Å². The Morgan fingerprint density at radius 1 is 1.50 bits per heavy atom. The molecule has 0 bridgehead atoms. The molecule has 0 saturated carbocycles. The fourth-order valence-corrected chi connectivity index (χ4v) is 0.769. The highest BCUT2D eigenvalue weighted by molar-refractivity contribution is 6.22. The van der Waals surface area contributed by atoms with Crippen LogP contribution < -0.4 is 11.1 Å². The fourth-order valence-electron chi connectivity index (χ4n) is 0.769. The largest absolute Gasteiger partial charge is 0.366 e. The molecule has 0 fully saturated rings. The highest BCUT2D eigenvalue weighted by Gasteiger charge is 2.24. The van der Waals surface area contributed by atoms with E-state index in [9.17, 15) is 14.4 Å². The molecule has 1 rings (SSSR count). The lowest BCUT2D eigenvalue weighted by Gasteiger charge is -1.97. The molecule has 0 saturated heterocycles. The maximum Gasteiger partial charge on any atom is 0.259 e. The van der Waals surface area contributed by atoms with Crippen LogP contribution in [-0.4, -0.2) is 17.7 Å². The Balaban J connectivity index is 2.97. The lowest BCUT2D eigenvalue weighted by atomic mass is 10.1. The van der Waals surface area contributed by atoms with Crippen LogP contribution in [0.3, 0.4) is 0 Å². The summed E-state index contributed by atoms with van der Waals surface area (Å²) in [6.07, 6.45) is 0.995. The number of hydrogen-bond donors (Lipinski definition) is 2. The molecule has 0 aromatic carbocycles. The van der Waals surface area contributed by atoms with E-state index in [1.807, 2.05) is 5.32 Å². The average molecular weight is 166 g/mol. The molecule has 1 aliphatic heterocycles. The maximum atomic E-state index is 10.9. The van der Waals surface area contributed by atoms with Gasteiger partial charge in [-0.15, -0.1) is 0 Å². The zero-order chi connectivity index (χ0) is 9.30. The molecule has 1 heterocycles. The van der Waals surface area contributed by atoms with E-state index < -0.39 is 17.7 Å². The summed E-state index contributed by atoms with van der Waals surface area (Å²) < 4.78 is 0. The number of imide groups is 1. The number of carbonyl (C=O) groups excluding carboxylic acids is 3. The number of carbonyl (C=O) groups is 3. The number of primary amides is 1. The van der Waals surface area contributed by atoms with Crippen LogP contribution in [0, 0.1) is 0 Å². The van der Waals surface area contributed by atoms with Gasteiger partial charge in [-0.2, -0.15) is 0 Å². The predicted octanol–water partition coefficient (Wildman–Crippen LogP) is -1.39. The van der Waals surface area contributed by atoms with Gasteiger partial charge in [0.15, 0.2) is 0 Å². The third kappa shape index (κ3) is 1.24. The minimum absolute atomic E-state index is 0.0625. The smallest absolute Gasteiger partial charge is 0.259 e.